The number of carbonyl (C=O) groups is 4. The second kappa shape index (κ2) is 11.4. The molecule has 172 valence electrons. The van der Waals surface area contributed by atoms with Crippen molar-refractivity contribution in [3.63, 3.8) is 0 Å². The third-order valence-corrected chi connectivity index (χ3v) is 5.36. The van der Waals surface area contributed by atoms with Crippen molar-refractivity contribution >= 4 is 23.7 Å². The molecule has 1 heterocycles. The molecular formula is C25H22N4O5. The van der Waals surface area contributed by atoms with Gasteiger partial charge in [0.15, 0.2) is 6.61 Å². The van der Waals surface area contributed by atoms with Crippen LogP contribution in [0, 0.1) is 22.7 Å². The SMILES string of the molecule is N#CCCN(CCC#N)C(=O)COC(=O)C(Cc1ccccc1)N1C(=O)c2ccccc2C1=O. The second-order valence-electron chi connectivity index (χ2n) is 7.54. The zero-order chi connectivity index (χ0) is 24.5. The fourth-order valence-electron chi connectivity index (χ4n) is 3.66. The maximum absolute atomic E-state index is 13.1. The zero-order valence-corrected chi connectivity index (χ0v) is 18.3. The molecule has 0 aliphatic carbocycles. The Labute approximate surface area is 196 Å². The lowest BCUT2D eigenvalue weighted by atomic mass is 10.0. The molecule has 34 heavy (non-hydrogen) atoms. The molecule has 0 spiro atoms. The Hall–Kier alpha value is -4.50. The number of benzene rings is 2. The first kappa shape index (κ1) is 24.1. The minimum Gasteiger partial charge on any atom is -0.454 e. The molecule has 0 radical (unpaired) electrons. The molecule has 0 aromatic heterocycles. The van der Waals surface area contributed by atoms with Crippen LogP contribution in [0.15, 0.2) is 54.6 Å². The summed E-state index contributed by atoms with van der Waals surface area (Å²) in [5.41, 5.74) is 1.11. The predicted octanol–water partition coefficient (Wildman–Crippen LogP) is 2.09. The average molecular weight is 458 g/mol. The van der Waals surface area contributed by atoms with E-state index in [2.05, 4.69) is 0 Å². The van der Waals surface area contributed by atoms with Gasteiger partial charge in [-0.2, -0.15) is 10.5 Å². The molecule has 2 aromatic rings. The van der Waals surface area contributed by atoms with E-state index in [4.69, 9.17) is 15.3 Å². The molecule has 1 aliphatic heterocycles. The van der Waals surface area contributed by atoms with Gasteiger partial charge >= 0.3 is 5.97 Å². The van der Waals surface area contributed by atoms with Crippen molar-refractivity contribution in [3.8, 4) is 12.1 Å². The van der Waals surface area contributed by atoms with E-state index in [1.165, 1.54) is 17.0 Å². The number of imide groups is 1. The van der Waals surface area contributed by atoms with E-state index in [-0.39, 0.29) is 43.5 Å². The number of hydrogen-bond acceptors (Lipinski definition) is 7. The van der Waals surface area contributed by atoms with Gasteiger partial charge in [-0.1, -0.05) is 42.5 Å². The monoisotopic (exact) mass is 458 g/mol. The molecule has 0 fully saturated rings. The fraction of sp³-hybridized carbons (Fsp3) is 0.280. The van der Waals surface area contributed by atoms with Crippen molar-refractivity contribution < 1.29 is 23.9 Å². The molecule has 1 aliphatic rings. The lowest BCUT2D eigenvalue weighted by Crippen LogP contribution is -2.48. The molecule has 9 nitrogen and oxygen atoms in total. The van der Waals surface area contributed by atoms with Crippen LogP contribution in [0.4, 0.5) is 0 Å². The first-order valence-corrected chi connectivity index (χ1v) is 10.7. The Kier molecular flexibility index (Phi) is 8.09. The Morgan fingerprint density at radius 3 is 1.94 bits per heavy atom. The topological polar surface area (TPSA) is 132 Å². The van der Waals surface area contributed by atoms with Gasteiger partial charge in [0.05, 0.1) is 36.1 Å². The number of rotatable bonds is 10. The van der Waals surface area contributed by atoms with Crippen LogP contribution in [0.5, 0.6) is 0 Å². The molecular weight excluding hydrogens is 436 g/mol. The van der Waals surface area contributed by atoms with Gasteiger partial charge in [-0.05, 0) is 17.7 Å². The molecule has 3 amide bonds. The third-order valence-electron chi connectivity index (χ3n) is 5.36. The van der Waals surface area contributed by atoms with E-state index >= 15 is 0 Å². The molecule has 0 N–H and O–H groups in total. The van der Waals surface area contributed by atoms with Gasteiger partial charge in [0.1, 0.15) is 6.04 Å². The highest BCUT2D eigenvalue weighted by molar-refractivity contribution is 6.22. The molecule has 0 saturated carbocycles. The van der Waals surface area contributed by atoms with E-state index in [0.717, 1.165) is 4.90 Å². The van der Waals surface area contributed by atoms with E-state index in [0.29, 0.717) is 5.56 Å². The van der Waals surface area contributed by atoms with Crippen molar-refractivity contribution in [1.82, 2.24) is 9.80 Å². The maximum Gasteiger partial charge on any atom is 0.330 e. The van der Waals surface area contributed by atoms with Crippen molar-refractivity contribution in [3.05, 3.63) is 71.3 Å². The molecule has 0 saturated heterocycles. The number of ether oxygens (including phenoxy) is 1. The normalized spacial score (nSPS) is 12.9. The third kappa shape index (κ3) is 5.45. The van der Waals surface area contributed by atoms with Gasteiger partial charge in [-0.3, -0.25) is 19.3 Å². The lowest BCUT2D eigenvalue weighted by molar-refractivity contribution is -0.155. The van der Waals surface area contributed by atoms with Gasteiger partial charge < -0.3 is 9.64 Å². The molecule has 2 aromatic carbocycles. The van der Waals surface area contributed by atoms with Gasteiger partial charge in [0.2, 0.25) is 0 Å². The minimum atomic E-state index is -1.27. The van der Waals surface area contributed by atoms with Gasteiger partial charge in [0.25, 0.3) is 17.7 Å². The highest BCUT2D eigenvalue weighted by Crippen LogP contribution is 2.26. The predicted molar refractivity (Wildman–Crippen MR) is 119 cm³/mol. The van der Waals surface area contributed by atoms with Crippen LogP contribution < -0.4 is 0 Å². The van der Waals surface area contributed by atoms with Crippen molar-refractivity contribution in [2.24, 2.45) is 0 Å². The Bertz CT molecular complexity index is 1110. The molecule has 3 rings (SSSR count). The Morgan fingerprint density at radius 2 is 1.41 bits per heavy atom. The van der Waals surface area contributed by atoms with Crippen LogP contribution in [0.3, 0.4) is 0 Å². The van der Waals surface area contributed by atoms with Crippen LogP contribution in [-0.2, 0) is 20.7 Å². The van der Waals surface area contributed by atoms with Crippen molar-refractivity contribution in [2.45, 2.75) is 25.3 Å². The first-order chi connectivity index (χ1) is 16.5. The van der Waals surface area contributed by atoms with Crippen LogP contribution in [0.25, 0.3) is 0 Å². The van der Waals surface area contributed by atoms with Crippen LogP contribution in [0.2, 0.25) is 0 Å². The average Bonchev–Trinajstić information content (AvgIpc) is 3.11. The summed E-state index contributed by atoms with van der Waals surface area (Å²) in [4.78, 5) is 53.8. The first-order valence-electron chi connectivity index (χ1n) is 10.7. The number of carbonyl (C=O) groups excluding carboxylic acids is 4. The summed E-state index contributed by atoms with van der Waals surface area (Å²) >= 11 is 0. The molecule has 1 unspecified atom stereocenters. The molecule has 0 bridgehead atoms. The minimum absolute atomic E-state index is 0.0198. The number of nitriles is 2. The fourth-order valence-corrected chi connectivity index (χ4v) is 3.66. The smallest absolute Gasteiger partial charge is 0.330 e. The van der Waals surface area contributed by atoms with E-state index in [1.807, 2.05) is 12.1 Å². The standard InChI is InChI=1S/C25H22N4O5/c26-12-6-14-28(15-7-13-27)22(30)17-34-25(33)21(16-18-8-2-1-3-9-18)29-23(31)19-10-4-5-11-20(19)24(29)32/h1-5,8-11,21H,6-7,14-17H2. The Balaban J connectivity index is 1.79. The highest BCUT2D eigenvalue weighted by atomic mass is 16.5. The van der Waals surface area contributed by atoms with E-state index in [9.17, 15) is 19.2 Å². The van der Waals surface area contributed by atoms with Crippen molar-refractivity contribution in [1.29, 1.82) is 10.5 Å². The molecule has 1 atom stereocenters. The van der Waals surface area contributed by atoms with Crippen molar-refractivity contribution in [2.75, 3.05) is 19.7 Å². The number of esters is 1. The van der Waals surface area contributed by atoms with E-state index < -0.39 is 36.3 Å². The Morgan fingerprint density at radius 1 is 0.882 bits per heavy atom. The van der Waals surface area contributed by atoms with Crippen LogP contribution >= 0.6 is 0 Å². The highest BCUT2D eigenvalue weighted by Gasteiger charge is 2.43. The maximum atomic E-state index is 13.1. The van der Waals surface area contributed by atoms with Gasteiger partial charge in [0, 0.05) is 19.5 Å². The summed E-state index contributed by atoms with van der Waals surface area (Å²) in [7, 11) is 0. The molecule has 9 heteroatoms. The summed E-state index contributed by atoms with van der Waals surface area (Å²) in [5, 5.41) is 17.6. The summed E-state index contributed by atoms with van der Waals surface area (Å²) in [5.74, 6) is -2.67. The van der Waals surface area contributed by atoms with Crippen LogP contribution in [-0.4, -0.2) is 59.2 Å². The summed E-state index contributed by atoms with van der Waals surface area (Å²) < 4.78 is 5.24. The number of nitrogens with zero attached hydrogens (tertiary/aromatic N) is 4. The van der Waals surface area contributed by atoms with E-state index in [1.54, 1.807) is 42.5 Å². The largest absolute Gasteiger partial charge is 0.454 e. The lowest BCUT2D eigenvalue weighted by Gasteiger charge is -2.25. The van der Waals surface area contributed by atoms with Crippen LogP contribution in [0.1, 0.15) is 39.1 Å². The zero-order valence-electron chi connectivity index (χ0n) is 18.3. The van der Waals surface area contributed by atoms with Gasteiger partial charge in [-0.25, -0.2) is 4.79 Å². The number of hydrogen-bond donors (Lipinski definition) is 0. The summed E-state index contributed by atoms with van der Waals surface area (Å²) in [6.45, 7) is -0.440. The second-order valence-corrected chi connectivity index (χ2v) is 7.54. The summed E-state index contributed by atoms with van der Waals surface area (Å²) in [6.07, 6.45) is 0.152. The number of fused-ring (bicyclic) bond motifs is 1. The summed E-state index contributed by atoms with van der Waals surface area (Å²) in [6, 6.07) is 17.8. The van der Waals surface area contributed by atoms with Gasteiger partial charge in [-0.15, -0.1) is 0 Å². The quantitative estimate of drug-likeness (QED) is 0.393. The number of amides is 3.